The molecule has 1 aliphatic rings. The Balaban J connectivity index is 1.71. The predicted molar refractivity (Wildman–Crippen MR) is 86.0 cm³/mol. The molecule has 5 heteroatoms. The van der Waals surface area contributed by atoms with Gasteiger partial charge in [-0.05, 0) is 25.1 Å². The fourth-order valence-corrected chi connectivity index (χ4v) is 2.76. The highest BCUT2D eigenvalue weighted by atomic mass is 16.5. The van der Waals surface area contributed by atoms with Gasteiger partial charge in [-0.2, -0.15) is 5.26 Å². The largest absolute Gasteiger partial charge is 0.492 e. The maximum atomic E-state index is 8.88. The number of piperazine rings is 1. The Labute approximate surface area is 133 Å². The lowest BCUT2D eigenvalue weighted by molar-refractivity contribution is 0.0531. The quantitative estimate of drug-likeness (QED) is 0.765. The Kier molecular flexibility index (Phi) is 6.66. The van der Waals surface area contributed by atoms with Crippen molar-refractivity contribution in [1.29, 1.82) is 5.26 Å². The van der Waals surface area contributed by atoms with Crippen LogP contribution in [0.3, 0.4) is 0 Å². The molecule has 1 aromatic carbocycles. The van der Waals surface area contributed by atoms with Gasteiger partial charge >= 0.3 is 0 Å². The van der Waals surface area contributed by atoms with Gasteiger partial charge in [-0.3, -0.25) is 9.80 Å². The molecule has 0 aliphatic carbocycles. The molecule has 0 radical (unpaired) electrons. The molecule has 1 aromatic rings. The molecule has 1 heterocycles. The fraction of sp³-hybridized carbons (Fsp3) is 0.588. The highest BCUT2D eigenvalue weighted by Crippen LogP contribution is 2.13. The van der Waals surface area contributed by atoms with Crippen molar-refractivity contribution >= 4 is 0 Å². The standard InChI is InChI=1S/C17H25N3O2/c1-15-14-19(6-7-20(15)9-10-21-2)8-11-22-17-5-3-4-16(12-17)13-18/h3-5,12,15H,6-11,14H2,1-2H3/t15-/m0/s1. The summed E-state index contributed by atoms with van der Waals surface area (Å²) >= 11 is 0. The maximum absolute atomic E-state index is 8.88. The molecule has 1 fully saturated rings. The number of rotatable bonds is 7. The third-order valence-electron chi connectivity index (χ3n) is 4.07. The first-order valence-corrected chi connectivity index (χ1v) is 7.81. The molecule has 22 heavy (non-hydrogen) atoms. The second-order valence-electron chi connectivity index (χ2n) is 5.67. The Morgan fingerprint density at radius 1 is 1.27 bits per heavy atom. The lowest BCUT2D eigenvalue weighted by Gasteiger charge is -2.39. The number of hydrogen-bond acceptors (Lipinski definition) is 5. The molecule has 1 saturated heterocycles. The van der Waals surface area contributed by atoms with Crippen LogP contribution in [0.2, 0.25) is 0 Å². The zero-order valence-corrected chi connectivity index (χ0v) is 13.5. The molecule has 0 N–H and O–H groups in total. The van der Waals surface area contributed by atoms with Gasteiger partial charge in [0.15, 0.2) is 0 Å². The van der Waals surface area contributed by atoms with Gasteiger partial charge in [0.25, 0.3) is 0 Å². The van der Waals surface area contributed by atoms with Crippen LogP contribution in [0.4, 0.5) is 0 Å². The normalized spacial score (nSPS) is 19.8. The van der Waals surface area contributed by atoms with Gasteiger partial charge in [-0.25, -0.2) is 0 Å². The van der Waals surface area contributed by atoms with E-state index >= 15 is 0 Å². The minimum absolute atomic E-state index is 0.547. The van der Waals surface area contributed by atoms with Crippen LogP contribution < -0.4 is 4.74 Å². The highest BCUT2D eigenvalue weighted by Gasteiger charge is 2.22. The van der Waals surface area contributed by atoms with E-state index < -0.39 is 0 Å². The average molecular weight is 303 g/mol. The molecule has 0 saturated carbocycles. The van der Waals surface area contributed by atoms with Crippen molar-refractivity contribution in [3.05, 3.63) is 29.8 Å². The average Bonchev–Trinajstić information content (AvgIpc) is 2.54. The fourth-order valence-electron chi connectivity index (χ4n) is 2.76. The minimum Gasteiger partial charge on any atom is -0.492 e. The van der Waals surface area contributed by atoms with Crippen molar-refractivity contribution in [2.45, 2.75) is 13.0 Å². The van der Waals surface area contributed by atoms with Crippen LogP contribution in [0.25, 0.3) is 0 Å². The Bertz CT molecular complexity index is 501. The van der Waals surface area contributed by atoms with Crippen molar-refractivity contribution in [3.8, 4) is 11.8 Å². The number of methoxy groups -OCH3 is 1. The first-order valence-electron chi connectivity index (χ1n) is 7.81. The van der Waals surface area contributed by atoms with E-state index in [4.69, 9.17) is 14.7 Å². The van der Waals surface area contributed by atoms with Gasteiger partial charge in [0, 0.05) is 45.9 Å². The van der Waals surface area contributed by atoms with E-state index in [9.17, 15) is 0 Å². The van der Waals surface area contributed by atoms with E-state index in [0.717, 1.165) is 45.1 Å². The molecular weight excluding hydrogens is 278 g/mol. The molecule has 2 rings (SSSR count). The molecule has 1 atom stereocenters. The molecule has 1 aliphatic heterocycles. The summed E-state index contributed by atoms with van der Waals surface area (Å²) in [5, 5.41) is 8.88. The molecular formula is C17H25N3O2. The van der Waals surface area contributed by atoms with Gasteiger partial charge in [0.2, 0.25) is 0 Å². The number of nitriles is 1. The van der Waals surface area contributed by atoms with Crippen molar-refractivity contribution in [2.75, 3.05) is 53.0 Å². The van der Waals surface area contributed by atoms with E-state index in [1.807, 2.05) is 12.1 Å². The zero-order chi connectivity index (χ0) is 15.8. The first-order chi connectivity index (χ1) is 10.7. The van der Waals surface area contributed by atoms with Crippen LogP contribution in [0, 0.1) is 11.3 Å². The summed E-state index contributed by atoms with van der Waals surface area (Å²) in [6, 6.07) is 9.99. The van der Waals surface area contributed by atoms with Gasteiger partial charge < -0.3 is 9.47 Å². The molecule has 0 unspecified atom stereocenters. The summed E-state index contributed by atoms with van der Waals surface area (Å²) in [7, 11) is 1.75. The molecule has 0 aromatic heterocycles. The Hall–Kier alpha value is -1.61. The van der Waals surface area contributed by atoms with E-state index in [0.29, 0.717) is 18.2 Å². The second kappa shape index (κ2) is 8.74. The van der Waals surface area contributed by atoms with Crippen LogP contribution >= 0.6 is 0 Å². The molecule has 120 valence electrons. The Morgan fingerprint density at radius 3 is 2.86 bits per heavy atom. The highest BCUT2D eigenvalue weighted by molar-refractivity contribution is 5.36. The van der Waals surface area contributed by atoms with Gasteiger partial charge in [0.05, 0.1) is 18.2 Å². The lowest BCUT2D eigenvalue weighted by Crippen LogP contribution is -2.53. The van der Waals surface area contributed by atoms with Crippen LogP contribution in [0.5, 0.6) is 5.75 Å². The summed E-state index contributed by atoms with van der Waals surface area (Å²) < 4.78 is 10.9. The molecule has 0 bridgehead atoms. The van der Waals surface area contributed by atoms with Crippen molar-refractivity contribution in [1.82, 2.24) is 9.80 Å². The van der Waals surface area contributed by atoms with Gasteiger partial charge in [-0.15, -0.1) is 0 Å². The van der Waals surface area contributed by atoms with E-state index in [1.54, 1.807) is 19.2 Å². The SMILES string of the molecule is COCCN1CCN(CCOc2cccc(C#N)c2)C[C@@H]1C. The predicted octanol–water partition coefficient (Wildman–Crippen LogP) is 1.59. The number of hydrogen-bond donors (Lipinski definition) is 0. The summed E-state index contributed by atoms with van der Waals surface area (Å²) in [5.41, 5.74) is 0.637. The van der Waals surface area contributed by atoms with E-state index in [2.05, 4.69) is 22.8 Å². The summed E-state index contributed by atoms with van der Waals surface area (Å²) in [6.07, 6.45) is 0. The summed E-state index contributed by atoms with van der Waals surface area (Å²) in [4.78, 5) is 4.90. The summed E-state index contributed by atoms with van der Waals surface area (Å²) in [6.45, 7) is 8.83. The monoisotopic (exact) mass is 303 g/mol. The topological polar surface area (TPSA) is 48.7 Å². The van der Waals surface area contributed by atoms with Crippen molar-refractivity contribution in [3.63, 3.8) is 0 Å². The lowest BCUT2D eigenvalue weighted by atomic mass is 10.2. The smallest absolute Gasteiger partial charge is 0.120 e. The van der Waals surface area contributed by atoms with Gasteiger partial charge in [-0.1, -0.05) is 6.07 Å². The number of ether oxygens (including phenoxy) is 2. The van der Waals surface area contributed by atoms with E-state index in [1.165, 1.54) is 0 Å². The number of nitrogens with zero attached hydrogens (tertiary/aromatic N) is 3. The molecule has 0 spiro atoms. The zero-order valence-electron chi connectivity index (χ0n) is 13.5. The van der Waals surface area contributed by atoms with Crippen LogP contribution in [0.1, 0.15) is 12.5 Å². The summed E-state index contributed by atoms with van der Waals surface area (Å²) in [5.74, 6) is 0.769. The van der Waals surface area contributed by atoms with Crippen molar-refractivity contribution in [2.24, 2.45) is 0 Å². The van der Waals surface area contributed by atoms with Crippen LogP contribution in [-0.4, -0.2) is 68.9 Å². The Morgan fingerprint density at radius 2 is 2.14 bits per heavy atom. The molecule has 0 amide bonds. The third kappa shape index (κ3) is 4.99. The first kappa shape index (κ1) is 16.8. The van der Waals surface area contributed by atoms with Gasteiger partial charge in [0.1, 0.15) is 12.4 Å². The maximum Gasteiger partial charge on any atom is 0.120 e. The molecule has 5 nitrogen and oxygen atoms in total. The third-order valence-corrected chi connectivity index (χ3v) is 4.07. The van der Waals surface area contributed by atoms with E-state index in [-0.39, 0.29) is 0 Å². The van der Waals surface area contributed by atoms with Crippen LogP contribution in [-0.2, 0) is 4.74 Å². The second-order valence-corrected chi connectivity index (χ2v) is 5.67. The van der Waals surface area contributed by atoms with Crippen LogP contribution in [0.15, 0.2) is 24.3 Å². The number of benzene rings is 1. The van der Waals surface area contributed by atoms with Crippen molar-refractivity contribution < 1.29 is 9.47 Å². The minimum atomic E-state index is 0.547.